The van der Waals surface area contributed by atoms with Crippen LogP contribution in [0.5, 0.6) is 17.2 Å². The second-order valence-electron chi connectivity index (χ2n) is 6.80. The van der Waals surface area contributed by atoms with Gasteiger partial charge >= 0.3 is 0 Å². The predicted molar refractivity (Wildman–Crippen MR) is 105 cm³/mol. The number of phenols is 2. The van der Waals surface area contributed by atoms with Crippen molar-refractivity contribution < 1.29 is 14.9 Å². The summed E-state index contributed by atoms with van der Waals surface area (Å²) in [7, 11) is 3.71. The fourth-order valence-corrected chi connectivity index (χ4v) is 5.46. The van der Waals surface area contributed by atoms with Gasteiger partial charge in [-0.3, -0.25) is 4.90 Å². The van der Waals surface area contributed by atoms with E-state index >= 15 is 0 Å². The van der Waals surface area contributed by atoms with E-state index in [1.807, 2.05) is 13.0 Å². The van der Waals surface area contributed by atoms with Gasteiger partial charge in [-0.2, -0.15) is 0 Å². The summed E-state index contributed by atoms with van der Waals surface area (Å²) in [6.45, 7) is 2.81. The third kappa shape index (κ3) is 2.27. The number of aromatic hydroxyl groups is 2. The lowest BCUT2D eigenvalue weighted by atomic mass is 9.76. The number of aryl methyl sites for hydroxylation is 1. The van der Waals surface area contributed by atoms with Gasteiger partial charge in [0, 0.05) is 18.2 Å². The van der Waals surface area contributed by atoms with E-state index in [9.17, 15) is 10.2 Å². The van der Waals surface area contributed by atoms with E-state index in [4.69, 9.17) is 4.74 Å². The highest BCUT2D eigenvalue weighted by molar-refractivity contribution is 9.11. The molecule has 0 aromatic heterocycles. The van der Waals surface area contributed by atoms with Gasteiger partial charge < -0.3 is 14.9 Å². The lowest BCUT2D eigenvalue weighted by molar-refractivity contribution is 0.226. The van der Waals surface area contributed by atoms with E-state index in [1.54, 1.807) is 7.11 Å². The molecule has 1 atom stereocenters. The van der Waals surface area contributed by atoms with Crippen molar-refractivity contribution in [2.75, 3.05) is 20.7 Å². The molecule has 2 N–H and O–H groups in total. The Hall–Kier alpha value is -1.24. The molecular formula is C19H19Br2NO3. The van der Waals surface area contributed by atoms with Crippen LogP contribution in [0.4, 0.5) is 0 Å². The van der Waals surface area contributed by atoms with Crippen molar-refractivity contribution in [2.24, 2.45) is 0 Å². The van der Waals surface area contributed by atoms with Gasteiger partial charge in [-0.05, 0) is 92.6 Å². The average molecular weight is 469 g/mol. The van der Waals surface area contributed by atoms with Crippen molar-refractivity contribution in [1.82, 2.24) is 4.90 Å². The largest absolute Gasteiger partial charge is 0.506 e. The molecule has 0 amide bonds. The number of phenolic OH excluding ortho intramolecular Hbond substituents is 2. The van der Waals surface area contributed by atoms with E-state index in [0.29, 0.717) is 5.75 Å². The molecule has 4 nitrogen and oxygen atoms in total. The first-order valence-electron chi connectivity index (χ1n) is 8.19. The Balaban J connectivity index is 2.17. The molecule has 2 aromatic rings. The SMILES string of the molecule is COc1c(O)c(Br)c2c3c1-c1cc(C)c(O)c(Br)c1CC3N(C)CC2. The highest BCUT2D eigenvalue weighted by atomic mass is 79.9. The first kappa shape index (κ1) is 17.2. The summed E-state index contributed by atoms with van der Waals surface area (Å²) in [5.41, 5.74) is 6.19. The summed E-state index contributed by atoms with van der Waals surface area (Å²) in [6, 6.07) is 2.18. The van der Waals surface area contributed by atoms with Gasteiger partial charge in [0.25, 0.3) is 0 Å². The molecule has 0 fully saturated rings. The first-order chi connectivity index (χ1) is 11.9. The molecule has 1 aliphatic carbocycles. The van der Waals surface area contributed by atoms with Crippen LogP contribution in [0, 0.1) is 6.92 Å². The highest BCUT2D eigenvalue weighted by Crippen LogP contribution is 2.57. The summed E-state index contributed by atoms with van der Waals surface area (Å²) in [6.07, 6.45) is 1.68. The number of nitrogens with zero attached hydrogens (tertiary/aromatic N) is 1. The van der Waals surface area contributed by atoms with Crippen LogP contribution >= 0.6 is 31.9 Å². The molecule has 132 valence electrons. The molecule has 1 aliphatic heterocycles. The van der Waals surface area contributed by atoms with Gasteiger partial charge in [0.2, 0.25) is 0 Å². The number of rotatable bonds is 1. The molecule has 2 aromatic carbocycles. The van der Waals surface area contributed by atoms with Gasteiger partial charge in [-0.25, -0.2) is 0 Å². The second kappa shape index (κ2) is 5.89. The maximum atomic E-state index is 10.7. The number of likely N-dealkylation sites (N-methyl/N-ethyl adjacent to an activating group) is 1. The van der Waals surface area contributed by atoms with Gasteiger partial charge in [-0.15, -0.1) is 0 Å². The fourth-order valence-electron chi connectivity index (χ4n) is 4.18. The van der Waals surface area contributed by atoms with Crippen LogP contribution in [0.2, 0.25) is 0 Å². The zero-order valence-electron chi connectivity index (χ0n) is 14.3. The molecule has 25 heavy (non-hydrogen) atoms. The molecule has 1 heterocycles. The first-order valence-corrected chi connectivity index (χ1v) is 9.78. The summed E-state index contributed by atoms with van der Waals surface area (Å²) in [5.74, 6) is 0.916. The van der Waals surface area contributed by atoms with Crippen molar-refractivity contribution in [3.05, 3.63) is 37.3 Å². The van der Waals surface area contributed by atoms with Crippen LogP contribution < -0.4 is 4.74 Å². The fraction of sp³-hybridized carbons (Fsp3) is 0.368. The predicted octanol–water partition coefficient (Wildman–Crippen LogP) is 4.69. The quantitative estimate of drug-likeness (QED) is 0.637. The molecule has 0 saturated heterocycles. The number of hydrogen-bond donors (Lipinski definition) is 2. The third-order valence-corrected chi connectivity index (χ3v) is 7.20. The molecule has 2 aliphatic rings. The van der Waals surface area contributed by atoms with Crippen LogP contribution in [0.3, 0.4) is 0 Å². The number of methoxy groups -OCH3 is 1. The molecule has 6 heteroatoms. The van der Waals surface area contributed by atoms with E-state index in [0.717, 1.165) is 56.1 Å². The Morgan fingerprint density at radius 3 is 2.52 bits per heavy atom. The minimum atomic E-state index is 0.147. The lowest BCUT2D eigenvalue weighted by Gasteiger charge is -2.41. The number of ether oxygens (including phenoxy) is 1. The van der Waals surface area contributed by atoms with Crippen LogP contribution in [-0.2, 0) is 12.8 Å². The Bertz CT molecular complexity index is 911. The Morgan fingerprint density at radius 2 is 1.84 bits per heavy atom. The number of benzene rings is 2. The minimum absolute atomic E-state index is 0.147. The monoisotopic (exact) mass is 467 g/mol. The molecule has 4 rings (SSSR count). The topological polar surface area (TPSA) is 52.9 Å². The van der Waals surface area contributed by atoms with E-state index in [-0.39, 0.29) is 17.5 Å². The van der Waals surface area contributed by atoms with Crippen molar-refractivity contribution in [3.8, 4) is 28.4 Å². The zero-order chi connectivity index (χ0) is 18.0. The molecule has 1 unspecified atom stereocenters. The second-order valence-corrected chi connectivity index (χ2v) is 8.38. The summed E-state index contributed by atoms with van der Waals surface area (Å²) in [5, 5.41) is 21.1. The molecule has 0 spiro atoms. The maximum Gasteiger partial charge on any atom is 0.173 e. The summed E-state index contributed by atoms with van der Waals surface area (Å²) >= 11 is 7.16. The van der Waals surface area contributed by atoms with E-state index < -0.39 is 0 Å². The van der Waals surface area contributed by atoms with Crippen molar-refractivity contribution in [1.29, 1.82) is 0 Å². The van der Waals surface area contributed by atoms with Crippen LogP contribution in [0.15, 0.2) is 15.0 Å². The van der Waals surface area contributed by atoms with Crippen molar-refractivity contribution in [2.45, 2.75) is 25.8 Å². The lowest BCUT2D eigenvalue weighted by Crippen LogP contribution is -2.36. The van der Waals surface area contributed by atoms with Crippen molar-refractivity contribution >= 4 is 31.9 Å². The summed E-state index contributed by atoms with van der Waals surface area (Å²) < 4.78 is 7.09. The smallest absolute Gasteiger partial charge is 0.173 e. The van der Waals surface area contributed by atoms with Gasteiger partial charge in [0.15, 0.2) is 11.5 Å². The maximum absolute atomic E-state index is 10.7. The number of fused-ring (bicyclic) bond motifs is 2. The molecule has 0 saturated carbocycles. The van der Waals surface area contributed by atoms with E-state index in [2.05, 4.69) is 43.8 Å². The molecule has 0 radical (unpaired) electrons. The molecular weight excluding hydrogens is 450 g/mol. The minimum Gasteiger partial charge on any atom is -0.506 e. The van der Waals surface area contributed by atoms with Gasteiger partial charge in [-0.1, -0.05) is 0 Å². The van der Waals surface area contributed by atoms with E-state index in [1.165, 1.54) is 5.56 Å². The van der Waals surface area contributed by atoms with Crippen LogP contribution in [-0.4, -0.2) is 35.8 Å². The zero-order valence-corrected chi connectivity index (χ0v) is 17.5. The Morgan fingerprint density at radius 1 is 1.16 bits per heavy atom. The van der Waals surface area contributed by atoms with Crippen molar-refractivity contribution in [3.63, 3.8) is 0 Å². The van der Waals surface area contributed by atoms with Gasteiger partial charge in [0.05, 0.1) is 16.1 Å². The number of hydrogen-bond acceptors (Lipinski definition) is 4. The highest BCUT2D eigenvalue weighted by Gasteiger charge is 2.39. The van der Waals surface area contributed by atoms with Gasteiger partial charge in [0.1, 0.15) is 5.75 Å². The van der Waals surface area contributed by atoms with Crippen LogP contribution in [0.25, 0.3) is 11.1 Å². The number of halogens is 2. The third-order valence-electron chi connectivity index (χ3n) is 5.49. The normalized spacial score (nSPS) is 18.7. The Labute approximate surface area is 163 Å². The standard InChI is InChI=1S/C19H19Br2NO3/c1-8-6-10-11(16(21)17(8)23)7-12-13-9(4-5-22(12)2)15(20)18(24)19(25-3)14(10)13/h6,12,23-24H,4-5,7H2,1-3H3. The Kier molecular flexibility index (Phi) is 4.05. The summed E-state index contributed by atoms with van der Waals surface area (Å²) in [4.78, 5) is 2.33. The van der Waals surface area contributed by atoms with Crippen LogP contribution in [0.1, 0.15) is 28.3 Å². The average Bonchev–Trinajstić information content (AvgIpc) is 2.59. The molecule has 0 bridgehead atoms.